The number of nitrogens with one attached hydrogen (secondary N) is 1. The predicted octanol–water partition coefficient (Wildman–Crippen LogP) is 2.07. The molecule has 108 valence electrons. The van der Waals surface area contributed by atoms with Gasteiger partial charge in [-0.15, -0.1) is 0 Å². The summed E-state index contributed by atoms with van der Waals surface area (Å²) in [5.74, 6) is 6.23. The van der Waals surface area contributed by atoms with Gasteiger partial charge in [-0.05, 0) is 19.9 Å². The number of hydrazine groups is 1. The van der Waals surface area contributed by atoms with E-state index in [-0.39, 0.29) is 12.1 Å². The molecule has 0 fully saturated rings. The minimum atomic E-state index is -0.351. The molecule has 2 rings (SSSR count). The van der Waals surface area contributed by atoms with E-state index in [1.54, 1.807) is 19.5 Å². The van der Waals surface area contributed by atoms with Gasteiger partial charge < -0.3 is 4.74 Å². The first-order chi connectivity index (χ1) is 9.60. The molecule has 20 heavy (non-hydrogen) atoms. The van der Waals surface area contributed by atoms with Crippen LogP contribution in [-0.4, -0.2) is 21.9 Å². The van der Waals surface area contributed by atoms with Crippen LogP contribution >= 0.6 is 11.6 Å². The summed E-state index contributed by atoms with van der Waals surface area (Å²) in [4.78, 5) is 4.19. The highest BCUT2D eigenvalue weighted by Crippen LogP contribution is 2.33. The number of nitrogens with zero attached hydrogens (tertiary/aromatic N) is 3. The van der Waals surface area contributed by atoms with Crippen LogP contribution in [0.3, 0.4) is 0 Å². The Balaban J connectivity index is 2.55. The first-order valence-corrected chi connectivity index (χ1v) is 6.65. The second-order valence-corrected chi connectivity index (χ2v) is 5.02. The summed E-state index contributed by atoms with van der Waals surface area (Å²) in [6, 6.07) is 3.53. The monoisotopic (exact) mass is 295 g/mol. The lowest BCUT2D eigenvalue weighted by Crippen LogP contribution is -2.31. The van der Waals surface area contributed by atoms with Gasteiger partial charge in [0.25, 0.3) is 0 Å². The molecule has 2 aromatic heterocycles. The van der Waals surface area contributed by atoms with E-state index in [2.05, 4.69) is 15.5 Å². The summed E-state index contributed by atoms with van der Waals surface area (Å²) in [6.45, 7) is 4.06. The fourth-order valence-electron chi connectivity index (χ4n) is 2.14. The summed E-state index contributed by atoms with van der Waals surface area (Å²) >= 11 is 6.27. The minimum Gasteiger partial charge on any atom is -0.481 e. The first kappa shape index (κ1) is 14.8. The lowest BCUT2D eigenvalue weighted by Gasteiger charge is -2.21. The van der Waals surface area contributed by atoms with Crippen molar-refractivity contribution in [3.8, 4) is 5.88 Å². The number of halogens is 1. The summed E-state index contributed by atoms with van der Waals surface area (Å²) in [5, 5.41) is 4.84. The smallest absolute Gasteiger partial charge is 0.218 e. The van der Waals surface area contributed by atoms with Crippen LogP contribution in [0.5, 0.6) is 5.88 Å². The Labute approximate surface area is 122 Å². The van der Waals surface area contributed by atoms with E-state index in [4.69, 9.17) is 22.2 Å². The van der Waals surface area contributed by atoms with E-state index in [0.717, 1.165) is 11.3 Å². The highest BCUT2D eigenvalue weighted by atomic mass is 35.5. The van der Waals surface area contributed by atoms with Gasteiger partial charge in [-0.2, -0.15) is 5.10 Å². The average molecular weight is 296 g/mol. The van der Waals surface area contributed by atoms with Gasteiger partial charge in [-0.1, -0.05) is 17.7 Å². The molecule has 1 atom stereocenters. The Hall–Kier alpha value is -1.63. The predicted molar refractivity (Wildman–Crippen MR) is 77.6 cm³/mol. The maximum atomic E-state index is 6.27. The number of rotatable bonds is 5. The molecule has 0 saturated carbocycles. The van der Waals surface area contributed by atoms with Crippen LogP contribution in [0.2, 0.25) is 5.02 Å². The van der Waals surface area contributed by atoms with Gasteiger partial charge in [0, 0.05) is 17.8 Å². The fraction of sp³-hybridized carbons (Fsp3) is 0.385. The molecule has 0 aliphatic carbocycles. The van der Waals surface area contributed by atoms with E-state index in [1.165, 1.54) is 0 Å². The van der Waals surface area contributed by atoms with Crippen molar-refractivity contribution < 1.29 is 4.74 Å². The lowest BCUT2D eigenvalue weighted by molar-refractivity contribution is 0.383. The van der Waals surface area contributed by atoms with Crippen molar-refractivity contribution >= 4 is 11.6 Å². The van der Waals surface area contributed by atoms with E-state index in [9.17, 15) is 0 Å². The van der Waals surface area contributed by atoms with Crippen LogP contribution < -0.4 is 16.0 Å². The summed E-state index contributed by atoms with van der Waals surface area (Å²) < 4.78 is 7.12. The zero-order valence-electron chi connectivity index (χ0n) is 11.7. The Kier molecular flexibility index (Phi) is 4.59. The molecule has 0 amide bonds. The molecule has 2 heterocycles. The van der Waals surface area contributed by atoms with Crippen molar-refractivity contribution in [1.82, 2.24) is 20.2 Å². The third kappa shape index (κ3) is 2.63. The highest BCUT2D eigenvalue weighted by Gasteiger charge is 2.25. The largest absolute Gasteiger partial charge is 0.481 e. The van der Waals surface area contributed by atoms with Crippen molar-refractivity contribution in [1.29, 1.82) is 0 Å². The van der Waals surface area contributed by atoms with Gasteiger partial charge >= 0.3 is 0 Å². The van der Waals surface area contributed by atoms with Gasteiger partial charge in [0.2, 0.25) is 5.88 Å². The van der Waals surface area contributed by atoms with Gasteiger partial charge in [-0.25, -0.2) is 10.4 Å². The second-order valence-electron chi connectivity index (χ2n) is 4.62. The molecule has 0 spiro atoms. The molecule has 3 N–H and O–H groups in total. The maximum Gasteiger partial charge on any atom is 0.218 e. The fourth-order valence-corrected chi connectivity index (χ4v) is 2.38. The number of methoxy groups -OCH3 is 1. The normalized spacial score (nSPS) is 12.7. The second kappa shape index (κ2) is 6.21. The molecule has 6 nitrogen and oxygen atoms in total. The summed E-state index contributed by atoms with van der Waals surface area (Å²) in [5.41, 5.74) is 4.36. The Morgan fingerprint density at radius 2 is 2.20 bits per heavy atom. The van der Waals surface area contributed by atoms with E-state index < -0.39 is 0 Å². The van der Waals surface area contributed by atoms with Crippen LogP contribution in [0.25, 0.3) is 0 Å². The van der Waals surface area contributed by atoms with E-state index >= 15 is 0 Å². The van der Waals surface area contributed by atoms with Crippen LogP contribution in [0, 0.1) is 0 Å². The van der Waals surface area contributed by atoms with E-state index in [1.807, 2.05) is 30.7 Å². The molecular formula is C13H18ClN5O. The topological polar surface area (TPSA) is 78.0 Å². The van der Waals surface area contributed by atoms with Crippen LogP contribution in [-0.2, 0) is 0 Å². The number of ether oxygens (including phenoxy) is 1. The van der Waals surface area contributed by atoms with Crippen LogP contribution in [0.15, 0.2) is 24.5 Å². The third-order valence-corrected chi connectivity index (χ3v) is 3.31. The zero-order chi connectivity index (χ0) is 14.7. The van der Waals surface area contributed by atoms with Crippen molar-refractivity contribution in [2.75, 3.05) is 7.11 Å². The molecular weight excluding hydrogens is 278 g/mol. The van der Waals surface area contributed by atoms with Gasteiger partial charge in [-0.3, -0.25) is 10.5 Å². The number of aromatic nitrogens is 3. The van der Waals surface area contributed by atoms with Gasteiger partial charge in [0.15, 0.2) is 0 Å². The Morgan fingerprint density at radius 1 is 1.45 bits per heavy atom. The van der Waals surface area contributed by atoms with Crippen LogP contribution in [0.4, 0.5) is 0 Å². The Bertz CT molecular complexity index is 584. The van der Waals surface area contributed by atoms with Crippen LogP contribution in [0.1, 0.15) is 37.2 Å². The zero-order valence-corrected chi connectivity index (χ0v) is 12.4. The quantitative estimate of drug-likeness (QED) is 0.652. The maximum absolute atomic E-state index is 6.27. The molecule has 7 heteroatoms. The molecule has 0 saturated heterocycles. The average Bonchev–Trinajstić information content (AvgIpc) is 2.83. The SMILES string of the molecule is COc1ncccc1C(NN)c1c(Cl)cnn1C(C)C. The molecule has 0 bridgehead atoms. The molecule has 1 unspecified atom stereocenters. The molecule has 0 aromatic carbocycles. The minimum absolute atomic E-state index is 0.163. The highest BCUT2D eigenvalue weighted by molar-refractivity contribution is 6.31. The number of hydrogen-bond acceptors (Lipinski definition) is 5. The molecule has 0 aliphatic rings. The number of nitrogens with two attached hydrogens (primary N) is 1. The van der Waals surface area contributed by atoms with Crippen molar-refractivity contribution in [2.24, 2.45) is 5.84 Å². The van der Waals surface area contributed by atoms with Crippen molar-refractivity contribution in [2.45, 2.75) is 25.9 Å². The summed E-state index contributed by atoms with van der Waals surface area (Å²) in [7, 11) is 1.57. The van der Waals surface area contributed by atoms with Gasteiger partial charge in [0.05, 0.1) is 30.1 Å². The number of pyridine rings is 1. The van der Waals surface area contributed by atoms with Gasteiger partial charge in [0.1, 0.15) is 0 Å². The first-order valence-electron chi connectivity index (χ1n) is 6.28. The summed E-state index contributed by atoms with van der Waals surface area (Å²) in [6.07, 6.45) is 3.28. The standard InChI is InChI=1S/C13H18ClN5O/c1-8(2)19-12(10(14)7-17-19)11(18-15)9-5-4-6-16-13(9)20-3/h4-8,11,18H,15H2,1-3H3. The van der Waals surface area contributed by atoms with Crippen molar-refractivity contribution in [3.63, 3.8) is 0 Å². The lowest BCUT2D eigenvalue weighted by atomic mass is 10.1. The third-order valence-electron chi connectivity index (χ3n) is 3.02. The molecule has 0 aliphatic heterocycles. The van der Waals surface area contributed by atoms with Crippen molar-refractivity contribution in [3.05, 3.63) is 40.8 Å². The number of hydrogen-bond donors (Lipinski definition) is 2. The molecule has 2 aromatic rings. The Morgan fingerprint density at radius 3 is 2.80 bits per heavy atom. The van der Waals surface area contributed by atoms with E-state index in [0.29, 0.717) is 10.9 Å². The molecule has 0 radical (unpaired) electrons.